The largest absolute Gasteiger partial charge is 0.506 e. The highest BCUT2D eigenvalue weighted by molar-refractivity contribution is 5.80. The topological polar surface area (TPSA) is 78.7 Å². The molecule has 0 radical (unpaired) electrons. The molecule has 0 spiro atoms. The lowest BCUT2D eigenvalue weighted by Crippen LogP contribution is -2.49. The van der Waals surface area contributed by atoms with E-state index in [0.29, 0.717) is 43.6 Å². The van der Waals surface area contributed by atoms with Gasteiger partial charge in [-0.3, -0.25) is 14.2 Å². The Labute approximate surface area is 168 Å². The van der Waals surface area contributed by atoms with E-state index < -0.39 is 0 Å². The van der Waals surface area contributed by atoms with Crippen LogP contribution in [-0.4, -0.2) is 51.6 Å². The molecule has 1 amide bonds. The summed E-state index contributed by atoms with van der Waals surface area (Å²) in [6, 6.07) is 12.8. The number of phenols is 1. The summed E-state index contributed by atoms with van der Waals surface area (Å²) in [7, 11) is 0. The predicted octanol–water partition coefficient (Wildman–Crippen LogP) is 2.15. The zero-order chi connectivity index (χ0) is 20.4. The van der Waals surface area contributed by atoms with Gasteiger partial charge in [-0.15, -0.1) is 0 Å². The van der Waals surface area contributed by atoms with Crippen LogP contribution < -0.4 is 10.5 Å². The molecule has 2 heterocycles. The SMILES string of the molecule is Cc1cccc2c(=O)n(CCC(=O)N3CCN(c4ccccc4O)CC3)cnc12. The zero-order valence-electron chi connectivity index (χ0n) is 16.4. The molecule has 7 heteroatoms. The van der Waals surface area contributed by atoms with Crippen LogP contribution in [0.4, 0.5) is 5.69 Å². The summed E-state index contributed by atoms with van der Waals surface area (Å²) in [6.45, 7) is 4.76. The number of amides is 1. The maximum absolute atomic E-state index is 12.7. The third kappa shape index (κ3) is 3.81. The lowest BCUT2D eigenvalue weighted by Gasteiger charge is -2.36. The van der Waals surface area contributed by atoms with Crippen molar-refractivity contribution in [2.75, 3.05) is 31.1 Å². The number of aromatic hydroxyl groups is 1. The van der Waals surface area contributed by atoms with Crippen LogP contribution in [0.15, 0.2) is 53.6 Å². The number of rotatable bonds is 4. The van der Waals surface area contributed by atoms with Crippen LogP contribution in [0.3, 0.4) is 0 Å². The number of benzene rings is 2. The molecule has 1 aliphatic rings. The van der Waals surface area contributed by atoms with Gasteiger partial charge in [-0.05, 0) is 30.7 Å². The predicted molar refractivity (Wildman–Crippen MR) is 112 cm³/mol. The number of carbonyl (C=O) groups excluding carboxylic acids is 1. The number of carbonyl (C=O) groups is 1. The molecule has 150 valence electrons. The number of aryl methyl sites for hydroxylation is 2. The van der Waals surface area contributed by atoms with Crippen molar-refractivity contribution in [1.29, 1.82) is 0 Å². The molecule has 0 saturated carbocycles. The first-order chi connectivity index (χ1) is 14.0. The second kappa shape index (κ2) is 7.95. The van der Waals surface area contributed by atoms with Gasteiger partial charge < -0.3 is 14.9 Å². The zero-order valence-corrected chi connectivity index (χ0v) is 16.4. The lowest BCUT2D eigenvalue weighted by molar-refractivity contribution is -0.131. The van der Waals surface area contributed by atoms with Gasteiger partial charge in [-0.25, -0.2) is 4.98 Å². The van der Waals surface area contributed by atoms with Crippen molar-refractivity contribution in [3.8, 4) is 5.75 Å². The number of hydrogen-bond donors (Lipinski definition) is 1. The highest BCUT2D eigenvalue weighted by Crippen LogP contribution is 2.27. The van der Waals surface area contributed by atoms with Crippen LogP contribution in [0.5, 0.6) is 5.75 Å². The summed E-state index contributed by atoms with van der Waals surface area (Å²) in [4.78, 5) is 33.6. The third-order valence-electron chi connectivity index (χ3n) is 5.48. The van der Waals surface area contributed by atoms with Crippen molar-refractivity contribution in [3.05, 3.63) is 64.7 Å². The van der Waals surface area contributed by atoms with E-state index in [-0.39, 0.29) is 23.6 Å². The number of para-hydroxylation sites is 3. The molecule has 1 aromatic heterocycles. The van der Waals surface area contributed by atoms with Gasteiger partial charge in [-0.1, -0.05) is 24.3 Å². The number of piperazine rings is 1. The van der Waals surface area contributed by atoms with Crippen LogP contribution in [0, 0.1) is 6.92 Å². The van der Waals surface area contributed by atoms with Crippen LogP contribution >= 0.6 is 0 Å². The molecule has 1 N–H and O–H groups in total. The Morgan fingerprint density at radius 2 is 1.83 bits per heavy atom. The van der Waals surface area contributed by atoms with E-state index in [2.05, 4.69) is 9.88 Å². The molecule has 29 heavy (non-hydrogen) atoms. The molecule has 0 aliphatic carbocycles. The van der Waals surface area contributed by atoms with Gasteiger partial charge >= 0.3 is 0 Å². The van der Waals surface area contributed by atoms with E-state index >= 15 is 0 Å². The van der Waals surface area contributed by atoms with Gasteiger partial charge in [0, 0.05) is 39.1 Å². The molecule has 0 atom stereocenters. The van der Waals surface area contributed by atoms with E-state index in [1.54, 1.807) is 18.2 Å². The summed E-state index contributed by atoms with van der Waals surface area (Å²) in [6.07, 6.45) is 1.79. The first kappa shape index (κ1) is 19.0. The number of fused-ring (bicyclic) bond motifs is 1. The Morgan fingerprint density at radius 3 is 2.59 bits per heavy atom. The lowest BCUT2D eigenvalue weighted by atomic mass is 10.1. The van der Waals surface area contributed by atoms with Crippen molar-refractivity contribution in [2.45, 2.75) is 19.9 Å². The minimum atomic E-state index is -0.115. The van der Waals surface area contributed by atoms with E-state index in [9.17, 15) is 14.7 Å². The summed E-state index contributed by atoms with van der Waals surface area (Å²) < 4.78 is 1.51. The molecule has 1 aliphatic heterocycles. The quantitative estimate of drug-likeness (QED) is 0.736. The Morgan fingerprint density at radius 1 is 1.07 bits per heavy atom. The summed E-state index contributed by atoms with van der Waals surface area (Å²) in [5.74, 6) is 0.281. The monoisotopic (exact) mass is 392 g/mol. The van der Waals surface area contributed by atoms with Crippen LogP contribution in [-0.2, 0) is 11.3 Å². The van der Waals surface area contributed by atoms with Crippen molar-refractivity contribution < 1.29 is 9.90 Å². The highest BCUT2D eigenvalue weighted by Gasteiger charge is 2.22. The molecule has 1 fully saturated rings. The Kier molecular flexibility index (Phi) is 5.20. The molecule has 0 bridgehead atoms. The van der Waals surface area contributed by atoms with E-state index in [4.69, 9.17) is 0 Å². The van der Waals surface area contributed by atoms with Crippen LogP contribution in [0.25, 0.3) is 10.9 Å². The minimum absolute atomic E-state index is 0.0261. The fourth-order valence-electron chi connectivity index (χ4n) is 3.80. The second-order valence-corrected chi connectivity index (χ2v) is 7.32. The first-order valence-electron chi connectivity index (χ1n) is 9.80. The molecular formula is C22H24N4O3. The molecular weight excluding hydrogens is 368 g/mol. The third-order valence-corrected chi connectivity index (χ3v) is 5.48. The fourth-order valence-corrected chi connectivity index (χ4v) is 3.80. The Bertz CT molecular complexity index is 1100. The van der Waals surface area contributed by atoms with Crippen molar-refractivity contribution >= 4 is 22.5 Å². The first-order valence-corrected chi connectivity index (χ1v) is 9.80. The average molecular weight is 392 g/mol. The van der Waals surface area contributed by atoms with Crippen LogP contribution in [0.1, 0.15) is 12.0 Å². The van der Waals surface area contributed by atoms with E-state index in [1.807, 2.05) is 36.1 Å². The maximum Gasteiger partial charge on any atom is 0.261 e. The Hall–Kier alpha value is -3.35. The van der Waals surface area contributed by atoms with Gasteiger partial charge in [0.2, 0.25) is 5.91 Å². The minimum Gasteiger partial charge on any atom is -0.506 e. The van der Waals surface area contributed by atoms with E-state index in [0.717, 1.165) is 11.3 Å². The van der Waals surface area contributed by atoms with Gasteiger partial charge in [0.25, 0.3) is 5.56 Å². The molecule has 0 unspecified atom stereocenters. The van der Waals surface area contributed by atoms with Crippen molar-refractivity contribution in [1.82, 2.24) is 14.5 Å². The van der Waals surface area contributed by atoms with Gasteiger partial charge in [0.15, 0.2) is 0 Å². The van der Waals surface area contributed by atoms with Crippen molar-refractivity contribution in [2.24, 2.45) is 0 Å². The summed E-state index contributed by atoms with van der Waals surface area (Å²) in [5.41, 5.74) is 2.35. The number of nitrogens with zero attached hydrogens (tertiary/aromatic N) is 4. The second-order valence-electron chi connectivity index (χ2n) is 7.32. The van der Waals surface area contributed by atoms with Crippen LogP contribution in [0.2, 0.25) is 0 Å². The van der Waals surface area contributed by atoms with Crippen molar-refractivity contribution in [3.63, 3.8) is 0 Å². The standard InChI is InChI=1S/C22H24N4O3/c1-16-5-4-6-17-21(16)23-15-26(22(17)29)10-9-20(28)25-13-11-24(12-14-25)18-7-2-3-8-19(18)27/h2-8,15,27H,9-14H2,1H3. The molecule has 2 aromatic carbocycles. The Balaban J connectivity index is 1.37. The number of phenolic OH excluding ortho intramolecular Hbond substituents is 1. The summed E-state index contributed by atoms with van der Waals surface area (Å²) >= 11 is 0. The number of aromatic nitrogens is 2. The summed E-state index contributed by atoms with van der Waals surface area (Å²) in [5, 5.41) is 10.6. The fraction of sp³-hybridized carbons (Fsp3) is 0.318. The number of hydrogen-bond acceptors (Lipinski definition) is 5. The normalized spacial score (nSPS) is 14.4. The van der Waals surface area contributed by atoms with Gasteiger partial charge in [-0.2, -0.15) is 0 Å². The van der Waals surface area contributed by atoms with Gasteiger partial charge in [0.05, 0.1) is 22.9 Å². The average Bonchev–Trinajstić information content (AvgIpc) is 2.74. The molecule has 7 nitrogen and oxygen atoms in total. The molecule has 4 rings (SSSR count). The number of anilines is 1. The smallest absolute Gasteiger partial charge is 0.261 e. The molecule has 3 aromatic rings. The van der Waals surface area contributed by atoms with Gasteiger partial charge in [0.1, 0.15) is 5.75 Å². The van der Waals surface area contributed by atoms with E-state index in [1.165, 1.54) is 10.9 Å². The maximum atomic E-state index is 12.7. The highest BCUT2D eigenvalue weighted by atomic mass is 16.3. The molecule has 1 saturated heterocycles.